The Morgan fingerprint density at radius 3 is 1.51 bits per heavy atom. The Kier molecular flexibility index (Phi) is 15.8. The highest BCUT2D eigenvalue weighted by atomic mass is 32.1. The van der Waals surface area contributed by atoms with Gasteiger partial charge in [0.2, 0.25) is 0 Å². The van der Waals surface area contributed by atoms with Crippen molar-refractivity contribution >= 4 is 52.6 Å². The molecule has 0 spiro atoms. The number of rotatable bonds is 14. The average molecular weight is 1030 g/mol. The summed E-state index contributed by atoms with van der Waals surface area (Å²) >= 11 is 2.74. The molecule has 4 atom stereocenters. The highest BCUT2D eigenvalue weighted by Crippen LogP contribution is 2.46. The van der Waals surface area contributed by atoms with Crippen LogP contribution in [-0.4, -0.2) is 90.0 Å². The van der Waals surface area contributed by atoms with Crippen molar-refractivity contribution in [1.29, 1.82) is 0 Å². The van der Waals surface area contributed by atoms with Crippen molar-refractivity contribution in [3.05, 3.63) is 151 Å². The second-order valence-corrected chi connectivity index (χ2v) is 21.4. The van der Waals surface area contributed by atoms with Crippen LogP contribution in [0.5, 0.6) is 0 Å². The molecule has 380 valence electrons. The number of carbonyl (C=O) groups excluding carboxylic acids is 5. The molecule has 4 aromatic carbocycles. The number of nitrogens with zero attached hydrogens (tertiary/aromatic N) is 3. The number of hydrogen-bond donors (Lipinski definition) is 1. The third-order valence-electron chi connectivity index (χ3n) is 13.5. The van der Waals surface area contributed by atoms with Gasteiger partial charge in [0.1, 0.15) is 28.8 Å². The maximum atomic E-state index is 13.1. The molecular weight excluding hydrogens is 965 g/mol. The summed E-state index contributed by atoms with van der Waals surface area (Å²) in [5.74, 6) is -1.26. The number of carbonyl (C=O) groups is 5. The summed E-state index contributed by atoms with van der Waals surface area (Å²) in [4.78, 5) is 73.4. The minimum absolute atomic E-state index is 0.0115. The molecule has 2 aliphatic carbocycles. The Morgan fingerprint density at radius 1 is 0.603 bits per heavy atom. The number of nitrogens with one attached hydrogen (secondary N) is 1. The van der Waals surface area contributed by atoms with Crippen LogP contribution in [0.2, 0.25) is 0 Å². The molecule has 0 bridgehead atoms. The van der Waals surface area contributed by atoms with Gasteiger partial charge in [-0.15, -0.1) is 22.7 Å². The fourth-order valence-electron chi connectivity index (χ4n) is 10.3. The van der Waals surface area contributed by atoms with Crippen molar-refractivity contribution in [2.24, 2.45) is 11.8 Å². The summed E-state index contributed by atoms with van der Waals surface area (Å²) in [5, 5.41) is 8.26. The molecule has 2 aromatic heterocycles. The second kappa shape index (κ2) is 22.6. The van der Waals surface area contributed by atoms with Gasteiger partial charge < -0.3 is 29.0 Å². The molecule has 2 aliphatic heterocycles. The fraction of sp³-hybridized carbons (Fsp3) is 0.386. The van der Waals surface area contributed by atoms with Crippen LogP contribution < -0.4 is 5.32 Å². The lowest BCUT2D eigenvalue weighted by molar-refractivity contribution is -0.145. The van der Waals surface area contributed by atoms with Gasteiger partial charge in [0, 0.05) is 35.6 Å². The Morgan fingerprint density at radius 2 is 1.04 bits per heavy atom. The van der Waals surface area contributed by atoms with Gasteiger partial charge in [-0.25, -0.2) is 24.4 Å². The summed E-state index contributed by atoms with van der Waals surface area (Å²) in [7, 11) is 0. The molecule has 16 heteroatoms. The molecule has 73 heavy (non-hydrogen) atoms. The first kappa shape index (κ1) is 51.2. The predicted molar refractivity (Wildman–Crippen MR) is 277 cm³/mol. The van der Waals surface area contributed by atoms with Crippen LogP contribution in [0.3, 0.4) is 0 Å². The number of amides is 1. The number of ether oxygens (including phenoxy) is 5. The molecule has 2 fully saturated rings. The van der Waals surface area contributed by atoms with Gasteiger partial charge in [0.05, 0.1) is 31.7 Å². The highest BCUT2D eigenvalue weighted by molar-refractivity contribution is 7.10. The van der Waals surface area contributed by atoms with Crippen molar-refractivity contribution in [2.75, 3.05) is 39.5 Å². The molecular formula is C57H60N4O10S2. The van der Waals surface area contributed by atoms with Crippen molar-refractivity contribution in [3.8, 4) is 22.3 Å². The smallest absolute Gasteiger partial charge is 0.410 e. The quantitative estimate of drug-likeness (QED) is 0.0807. The maximum Gasteiger partial charge on any atom is 0.410 e. The maximum absolute atomic E-state index is 13.1. The van der Waals surface area contributed by atoms with E-state index in [0.29, 0.717) is 43.3 Å². The van der Waals surface area contributed by atoms with E-state index in [2.05, 4.69) is 63.8 Å². The molecule has 1 amide bonds. The summed E-state index contributed by atoms with van der Waals surface area (Å²) in [5.41, 5.74) is 9.45. The van der Waals surface area contributed by atoms with Crippen molar-refractivity contribution in [1.82, 2.24) is 20.2 Å². The van der Waals surface area contributed by atoms with Gasteiger partial charge in [-0.2, -0.15) is 0 Å². The van der Waals surface area contributed by atoms with Crippen LogP contribution in [0.1, 0.15) is 137 Å². The fourth-order valence-corrected chi connectivity index (χ4v) is 12.1. The predicted octanol–water partition coefficient (Wildman–Crippen LogP) is 11.1. The van der Waals surface area contributed by atoms with Crippen molar-refractivity contribution < 1.29 is 47.7 Å². The average Bonchev–Trinajstić information content (AvgIpc) is 4.25. The van der Waals surface area contributed by atoms with E-state index in [4.69, 9.17) is 23.7 Å². The van der Waals surface area contributed by atoms with Crippen molar-refractivity contribution in [3.63, 3.8) is 0 Å². The summed E-state index contributed by atoms with van der Waals surface area (Å²) in [6, 6.07) is 32.8. The Balaban J connectivity index is 0.000000183. The number of esters is 4. The van der Waals surface area contributed by atoms with E-state index in [0.717, 1.165) is 29.1 Å². The van der Waals surface area contributed by atoms with E-state index >= 15 is 0 Å². The molecule has 10 rings (SSSR count). The van der Waals surface area contributed by atoms with E-state index < -0.39 is 29.7 Å². The number of benzene rings is 4. The normalized spacial score (nSPS) is 18.7. The van der Waals surface area contributed by atoms with Gasteiger partial charge in [0.25, 0.3) is 0 Å². The summed E-state index contributed by atoms with van der Waals surface area (Å²) < 4.78 is 27.3. The van der Waals surface area contributed by atoms with Crippen LogP contribution >= 0.6 is 22.7 Å². The highest BCUT2D eigenvalue weighted by Gasteiger charge is 2.42. The van der Waals surface area contributed by atoms with Crippen molar-refractivity contribution in [2.45, 2.75) is 89.8 Å². The van der Waals surface area contributed by atoms with Gasteiger partial charge in [-0.3, -0.25) is 14.5 Å². The minimum atomic E-state index is -0.675. The van der Waals surface area contributed by atoms with E-state index in [1.54, 1.807) is 29.5 Å². The first-order valence-corrected chi connectivity index (χ1v) is 26.7. The third-order valence-corrected chi connectivity index (χ3v) is 15.4. The summed E-state index contributed by atoms with van der Waals surface area (Å²) in [6.07, 6.45) is 1.37. The van der Waals surface area contributed by atoms with Crippen LogP contribution in [0.4, 0.5) is 4.79 Å². The molecule has 4 heterocycles. The number of likely N-dealkylation sites (tertiary alicyclic amines) is 1. The zero-order chi connectivity index (χ0) is 51.2. The van der Waals surface area contributed by atoms with E-state index in [-0.39, 0.29) is 67.0 Å². The van der Waals surface area contributed by atoms with Crippen LogP contribution in [-0.2, 0) is 33.3 Å². The summed E-state index contributed by atoms with van der Waals surface area (Å²) in [6.45, 7) is 11.2. The number of aromatic nitrogens is 2. The monoisotopic (exact) mass is 1020 g/mol. The molecule has 0 saturated carbocycles. The molecule has 0 radical (unpaired) electrons. The number of fused-ring (bicyclic) bond motifs is 6. The van der Waals surface area contributed by atoms with Gasteiger partial charge in [-0.1, -0.05) is 97.1 Å². The van der Waals surface area contributed by atoms with Crippen LogP contribution in [0, 0.1) is 11.8 Å². The molecule has 4 aliphatic rings. The Bertz CT molecular complexity index is 2890. The molecule has 14 nitrogen and oxygen atoms in total. The largest absolute Gasteiger partial charge is 0.465 e. The zero-order valence-corrected chi connectivity index (χ0v) is 43.3. The van der Waals surface area contributed by atoms with Crippen LogP contribution in [0.25, 0.3) is 22.3 Å². The lowest BCUT2D eigenvalue weighted by atomic mass is 9.98. The van der Waals surface area contributed by atoms with E-state index in [1.165, 1.54) is 56.1 Å². The third kappa shape index (κ3) is 11.7. The minimum Gasteiger partial charge on any atom is -0.465 e. The lowest BCUT2D eigenvalue weighted by Crippen LogP contribution is -2.37. The molecule has 0 unspecified atom stereocenters. The van der Waals surface area contributed by atoms with Crippen LogP contribution in [0.15, 0.2) is 108 Å². The van der Waals surface area contributed by atoms with Gasteiger partial charge >= 0.3 is 30.0 Å². The lowest BCUT2D eigenvalue weighted by Gasteiger charge is -2.27. The standard InChI is InChI=1S/C31H34N2O6S.C26H26N2O4S/c1-5-37-29(35)25-18-40-28(32-25)26-14-19(16-33(26)30(36)39-31(2,3)4)15-27(34)38-17-24-22-12-8-6-10-20(22)21-11-7-9-13-23(21)24;1-2-31-26(30)23-15-33-25(28-23)22-11-16(13-27-22)12-24(29)32-14-21-19-9-5-3-7-17(19)18-8-4-6-10-20(18)21/h6-13,18-19,24,26H,5,14-17H2,1-4H3;3-10,15-16,21-22,27H,2,11-14H2,1H3/t19-,26-;16-,22-/m00/s1. The number of hydrogen-bond acceptors (Lipinski definition) is 15. The second-order valence-electron chi connectivity index (χ2n) is 19.6. The van der Waals surface area contributed by atoms with E-state index in [9.17, 15) is 24.0 Å². The molecule has 6 aromatic rings. The first-order valence-electron chi connectivity index (χ1n) is 24.9. The van der Waals surface area contributed by atoms with Gasteiger partial charge in [0.15, 0.2) is 11.4 Å². The first-order chi connectivity index (χ1) is 35.3. The molecule has 1 N–H and O–H groups in total. The Labute approximate surface area is 433 Å². The molecule has 2 saturated heterocycles. The van der Waals surface area contributed by atoms with E-state index in [1.807, 2.05) is 69.3 Å². The zero-order valence-electron chi connectivity index (χ0n) is 41.7. The number of thiazole rings is 2. The van der Waals surface area contributed by atoms with Gasteiger partial charge in [-0.05, 0) is 110 Å². The topological polar surface area (TPSA) is 173 Å². The SMILES string of the molecule is CCOC(=O)c1csc([C@@H]2C[C@@H](CC(=O)OCC3c4ccccc4-c4ccccc43)CN2)n1.CCOC(=O)c1csc([C@@H]2C[C@@H](CC(=O)OCC3c4ccccc4-c4ccccc43)CN2C(=O)OC(C)(C)C)n1. The Hall–Kier alpha value is -6.75.